The molecule has 1 atom stereocenters. The summed E-state index contributed by atoms with van der Waals surface area (Å²) in [5, 5.41) is 3.43. The molecule has 0 bridgehead atoms. The number of esters is 1. The van der Waals surface area contributed by atoms with E-state index >= 15 is 0 Å². The molecule has 1 aromatic carbocycles. The molecular weight excluding hydrogens is 322 g/mol. The summed E-state index contributed by atoms with van der Waals surface area (Å²) in [6, 6.07) is 2.71. The summed E-state index contributed by atoms with van der Waals surface area (Å²) in [5.41, 5.74) is 1.10. The number of benzene rings is 1. The fraction of sp³-hybridized carbons (Fsp3) is 0.375. The highest BCUT2D eigenvalue weighted by molar-refractivity contribution is 7.80. The number of halogens is 2. The number of ether oxygens (including phenoxy) is 1. The van der Waals surface area contributed by atoms with E-state index in [-0.39, 0.29) is 11.6 Å². The van der Waals surface area contributed by atoms with Crippen molar-refractivity contribution in [2.45, 2.75) is 31.8 Å². The van der Waals surface area contributed by atoms with Crippen LogP contribution in [0.2, 0.25) is 0 Å². The monoisotopic (exact) mass is 338 g/mol. The number of hydrogen-bond donors (Lipinski definition) is 1. The van der Waals surface area contributed by atoms with Gasteiger partial charge in [0.15, 0.2) is 5.11 Å². The first kappa shape index (κ1) is 15.9. The van der Waals surface area contributed by atoms with E-state index in [0.717, 1.165) is 25.0 Å². The molecule has 0 aromatic heterocycles. The third kappa shape index (κ3) is 2.81. The van der Waals surface area contributed by atoms with Gasteiger partial charge in [-0.15, -0.1) is 0 Å². The molecule has 3 rings (SSSR count). The Hall–Kier alpha value is -2.02. The SMILES string of the molecule is COC(=O)C1=C(C)N(C2CC2)C(=S)N[C@@H]1c1ccc(F)cc1F. The van der Waals surface area contributed by atoms with Gasteiger partial charge in [-0.1, -0.05) is 6.07 Å². The quantitative estimate of drug-likeness (QED) is 0.678. The topological polar surface area (TPSA) is 41.6 Å². The van der Waals surface area contributed by atoms with Crippen LogP contribution in [0.25, 0.3) is 0 Å². The summed E-state index contributed by atoms with van der Waals surface area (Å²) in [6.45, 7) is 1.77. The number of carbonyl (C=O) groups excluding carboxylic acids is 1. The first-order valence-corrected chi connectivity index (χ1v) is 7.68. The largest absolute Gasteiger partial charge is 0.466 e. The highest BCUT2D eigenvalue weighted by Crippen LogP contribution is 2.38. The maximum Gasteiger partial charge on any atom is 0.337 e. The fourth-order valence-corrected chi connectivity index (χ4v) is 3.28. The molecule has 23 heavy (non-hydrogen) atoms. The molecule has 122 valence electrons. The van der Waals surface area contributed by atoms with Crippen LogP contribution < -0.4 is 5.32 Å². The Balaban J connectivity index is 2.11. The van der Waals surface area contributed by atoms with Gasteiger partial charge in [0.05, 0.1) is 18.7 Å². The lowest BCUT2D eigenvalue weighted by atomic mass is 9.94. The van der Waals surface area contributed by atoms with Gasteiger partial charge in [-0.05, 0) is 38.0 Å². The van der Waals surface area contributed by atoms with Crippen LogP contribution in [0.1, 0.15) is 31.4 Å². The number of rotatable bonds is 3. The van der Waals surface area contributed by atoms with Gasteiger partial charge >= 0.3 is 5.97 Å². The Labute approximate surface area is 138 Å². The Morgan fingerprint density at radius 2 is 2.09 bits per heavy atom. The molecule has 1 saturated carbocycles. The molecule has 0 unspecified atom stereocenters. The highest BCUT2D eigenvalue weighted by Gasteiger charge is 2.41. The van der Waals surface area contributed by atoms with Crippen LogP contribution in [0.5, 0.6) is 0 Å². The van der Waals surface area contributed by atoms with Gasteiger partial charge in [0.1, 0.15) is 11.6 Å². The second-order valence-corrected chi connectivity index (χ2v) is 6.03. The molecule has 4 nitrogen and oxygen atoms in total. The van der Waals surface area contributed by atoms with Crippen molar-refractivity contribution in [1.29, 1.82) is 0 Å². The normalized spacial score (nSPS) is 21.3. The molecule has 0 radical (unpaired) electrons. The van der Waals surface area contributed by atoms with Crippen LogP contribution in [0, 0.1) is 11.6 Å². The molecule has 7 heteroatoms. The van der Waals surface area contributed by atoms with Gasteiger partial charge in [0.25, 0.3) is 0 Å². The maximum absolute atomic E-state index is 14.2. The van der Waals surface area contributed by atoms with Gasteiger partial charge in [0.2, 0.25) is 0 Å². The summed E-state index contributed by atoms with van der Waals surface area (Å²) in [6.07, 6.45) is 1.98. The first-order chi connectivity index (χ1) is 10.9. The van der Waals surface area contributed by atoms with Crippen LogP contribution in [-0.4, -0.2) is 29.1 Å². The second kappa shape index (κ2) is 5.88. The summed E-state index contributed by atoms with van der Waals surface area (Å²) >= 11 is 5.37. The molecule has 1 N–H and O–H groups in total. The summed E-state index contributed by atoms with van der Waals surface area (Å²) in [7, 11) is 1.27. The van der Waals surface area contributed by atoms with Crippen molar-refractivity contribution >= 4 is 23.3 Å². The molecule has 1 heterocycles. The standard InChI is InChI=1S/C16H16F2N2O2S/c1-8-13(15(21)22-2)14(11-6-3-9(17)7-12(11)18)19-16(23)20(8)10-4-5-10/h3,6-7,10,14H,4-5H2,1-2H3,(H,19,23)/t14-/m1/s1. The van der Waals surface area contributed by atoms with Crippen LogP contribution in [-0.2, 0) is 9.53 Å². The summed E-state index contributed by atoms with van der Waals surface area (Å²) < 4.78 is 32.2. The van der Waals surface area contributed by atoms with Crippen molar-refractivity contribution in [2.24, 2.45) is 0 Å². The van der Waals surface area contributed by atoms with Crippen LogP contribution in [0.4, 0.5) is 8.78 Å². The smallest absolute Gasteiger partial charge is 0.337 e. The van der Waals surface area contributed by atoms with Crippen LogP contribution in [0.3, 0.4) is 0 Å². The van der Waals surface area contributed by atoms with E-state index < -0.39 is 23.6 Å². The van der Waals surface area contributed by atoms with E-state index in [4.69, 9.17) is 17.0 Å². The molecule has 1 aromatic rings. The van der Waals surface area contributed by atoms with E-state index in [1.54, 1.807) is 6.92 Å². The average Bonchev–Trinajstić information content (AvgIpc) is 3.31. The molecule has 1 aliphatic heterocycles. The van der Waals surface area contributed by atoms with Gasteiger partial charge in [0, 0.05) is 23.4 Å². The highest BCUT2D eigenvalue weighted by atomic mass is 32.1. The van der Waals surface area contributed by atoms with Gasteiger partial charge in [-0.25, -0.2) is 13.6 Å². The second-order valence-electron chi connectivity index (χ2n) is 5.64. The van der Waals surface area contributed by atoms with Crippen molar-refractivity contribution in [1.82, 2.24) is 10.2 Å². The number of carbonyl (C=O) groups is 1. The number of allylic oxidation sites excluding steroid dienone is 1. The number of nitrogens with zero attached hydrogens (tertiary/aromatic N) is 1. The molecule has 1 aliphatic carbocycles. The molecular formula is C16H16F2N2O2S. The molecule has 0 amide bonds. The molecule has 2 aliphatic rings. The number of hydrogen-bond acceptors (Lipinski definition) is 3. The first-order valence-electron chi connectivity index (χ1n) is 7.27. The lowest BCUT2D eigenvalue weighted by Gasteiger charge is -2.37. The van der Waals surface area contributed by atoms with E-state index in [1.807, 2.05) is 4.90 Å². The molecule has 1 fully saturated rings. The number of nitrogens with one attached hydrogen (secondary N) is 1. The van der Waals surface area contributed by atoms with Gasteiger partial charge < -0.3 is 15.0 Å². The van der Waals surface area contributed by atoms with Crippen molar-refractivity contribution in [2.75, 3.05) is 7.11 Å². The Morgan fingerprint density at radius 1 is 1.39 bits per heavy atom. The summed E-state index contributed by atoms with van der Waals surface area (Å²) in [5.74, 6) is -1.97. The number of methoxy groups -OCH3 is 1. The minimum atomic E-state index is -0.800. The number of thiocarbonyl (C=S) groups is 1. The fourth-order valence-electron chi connectivity index (χ4n) is 2.87. The third-order valence-electron chi connectivity index (χ3n) is 4.12. The zero-order valence-corrected chi connectivity index (χ0v) is 13.5. The zero-order chi connectivity index (χ0) is 16.7. The van der Waals surface area contributed by atoms with Gasteiger partial charge in [-0.2, -0.15) is 0 Å². The van der Waals surface area contributed by atoms with Crippen molar-refractivity contribution in [3.05, 3.63) is 46.7 Å². The summed E-state index contributed by atoms with van der Waals surface area (Å²) in [4.78, 5) is 14.1. The predicted molar refractivity (Wildman–Crippen MR) is 84.4 cm³/mol. The average molecular weight is 338 g/mol. The van der Waals surface area contributed by atoms with Crippen molar-refractivity contribution < 1.29 is 18.3 Å². The Bertz CT molecular complexity index is 716. The minimum Gasteiger partial charge on any atom is -0.466 e. The van der Waals surface area contributed by atoms with Crippen LogP contribution in [0.15, 0.2) is 29.5 Å². The van der Waals surface area contributed by atoms with Gasteiger partial charge in [-0.3, -0.25) is 0 Å². The third-order valence-corrected chi connectivity index (χ3v) is 4.43. The molecule has 0 saturated heterocycles. The Morgan fingerprint density at radius 3 is 2.65 bits per heavy atom. The van der Waals surface area contributed by atoms with Crippen molar-refractivity contribution in [3.8, 4) is 0 Å². The van der Waals surface area contributed by atoms with E-state index in [2.05, 4.69) is 5.32 Å². The maximum atomic E-state index is 14.2. The van der Waals surface area contributed by atoms with Crippen molar-refractivity contribution in [3.63, 3.8) is 0 Å². The van der Waals surface area contributed by atoms with E-state index in [9.17, 15) is 13.6 Å². The van der Waals surface area contributed by atoms with E-state index in [0.29, 0.717) is 16.4 Å². The zero-order valence-electron chi connectivity index (χ0n) is 12.7. The Kier molecular flexibility index (Phi) is 4.06. The molecule has 0 spiro atoms. The lowest BCUT2D eigenvalue weighted by Crippen LogP contribution is -2.48. The van der Waals surface area contributed by atoms with E-state index in [1.165, 1.54) is 13.2 Å². The lowest BCUT2D eigenvalue weighted by molar-refractivity contribution is -0.136. The predicted octanol–water partition coefficient (Wildman–Crippen LogP) is 2.81. The minimum absolute atomic E-state index is 0.156. The van der Waals surface area contributed by atoms with Crippen LogP contribution >= 0.6 is 12.2 Å².